The van der Waals surface area contributed by atoms with Crippen LogP contribution >= 0.6 is 11.3 Å². The van der Waals surface area contributed by atoms with E-state index in [0.29, 0.717) is 15.9 Å². The lowest BCUT2D eigenvalue weighted by Crippen LogP contribution is -2.24. The minimum Gasteiger partial charge on any atom is -0.455 e. The molecule has 2 atom stereocenters. The number of nitrogens with zero attached hydrogens (tertiary/aromatic N) is 1. The zero-order valence-electron chi connectivity index (χ0n) is 17.0. The van der Waals surface area contributed by atoms with Crippen molar-refractivity contribution in [2.75, 3.05) is 0 Å². The smallest absolute Gasteiger partial charge is 0.432 e. The van der Waals surface area contributed by atoms with Gasteiger partial charge < -0.3 is 4.74 Å². The second kappa shape index (κ2) is 7.74. The number of ether oxygens (including phenoxy) is 1. The number of thiazole rings is 1. The third kappa shape index (κ3) is 5.18. The lowest BCUT2D eigenvalue weighted by Gasteiger charge is -2.18. The largest absolute Gasteiger partial charge is 0.455 e. The zero-order valence-corrected chi connectivity index (χ0v) is 17.8. The summed E-state index contributed by atoms with van der Waals surface area (Å²) in [6, 6.07) is 0. The molecule has 1 aliphatic rings. The van der Waals surface area contributed by atoms with Crippen molar-refractivity contribution in [3.05, 3.63) is 44.8 Å². The van der Waals surface area contributed by atoms with E-state index in [-0.39, 0.29) is 23.8 Å². The Hall–Kier alpha value is -1.90. The maximum Gasteiger partial charge on any atom is 0.432 e. The molecule has 0 bridgehead atoms. The molecular weight excluding hydrogens is 410 g/mol. The summed E-state index contributed by atoms with van der Waals surface area (Å²) in [6.45, 7) is 11.6. The summed E-state index contributed by atoms with van der Waals surface area (Å²) in [5.74, 6) is -2.95. The third-order valence-corrected chi connectivity index (χ3v) is 6.01. The second-order valence-corrected chi connectivity index (χ2v) is 9.76. The first-order valence-electron chi connectivity index (χ1n) is 9.11. The number of carbonyl (C=O) groups excluding carboxylic acids is 1. The van der Waals surface area contributed by atoms with Crippen molar-refractivity contribution in [2.24, 2.45) is 17.3 Å². The van der Waals surface area contributed by atoms with E-state index in [9.17, 15) is 27.2 Å². The molecule has 29 heavy (non-hydrogen) atoms. The Morgan fingerprint density at radius 1 is 1.31 bits per heavy atom. The van der Waals surface area contributed by atoms with Gasteiger partial charge in [-0.25, -0.2) is 4.79 Å². The molecule has 0 N–H and O–H groups in total. The van der Waals surface area contributed by atoms with E-state index >= 15 is 0 Å². The van der Waals surface area contributed by atoms with Gasteiger partial charge in [0.05, 0.1) is 0 Å². The Kier molecular flexibility index (Phi) is 6.24. The van der Waals surface area contributed by atoms with E-state index in [0.717, 1.165) is 6.08 Å². The summed E-state index contributed by atoms with van der Waals surface area (Å²) >= 11 is 0.546. The van der Waals surface area contributed by atoms with Gasteiger partial charge in [0.25, 0.3) is 0 Å². The van der Waals surface area contributed by atoms with E-state index in [4.69, 9.17) is 4.74 Å². The first-order chi connectivity index (χ1) is 13.1. The number of rotatable bonds is 6. The normalized spacial score (nSPS) is 21.8. The third-order valence-electron chi connectivity index (χ3n) is 5.01. The Morgan fingerprint density at radius 2 is 1.90 bits per heavy atom. The fourth-order valence-corrected chi connectivity index (χ4v) is 4.53. The van der Waals surface area contributed by atoms with Crippen molar-refractivity contribution in [2.45, 2.75) is 59.4 Å². The Bertz CT molecular complexity index is 887. The van der Waals surface area contributed by atoms with Crippen molar-refractivity contribution in [3.63, 3.8) is 0 Å². The number of esters is 1. The summed E-state index contributed by atoms with van der Waals surface area (Å²) < 4.78 is 60.6. The van der Waals surface area contributed by atoms with Crippen LogP contribution in [0.4, 0.5) is 17.6 Å². The summed E-state index contributed by atoms with van der Waals surface area (Å²) in [7, 11) is 0. The van der Waals surface area contributed by atoms with Gasteiger partial charge in [0.2, 0.25) is 5.83 Å². The van der Waals surface area contributed by atoms with E-state index < -0.39 is 45.5 Å². The number of hydrogen-bond acceptors (Lipinski definition) is 4. The number of carbonyl (C=O) groups is 1. The number of halogens is 4. The predicted molar refractivity (Wildman–Crippen MR) is 103 cm³/mol. The maximum absolute atomic E-state index is 14.3. The molecule has 1 fully saturated rings. The van der Waals surface area contributed by atoms with Crippen LogP contribution in [0.5, 0.6) is 0 Å². The fraction of sp³-hybridized carbons (Fsp3) is 0.600. The summed E-state index contributed by atoms with van der Waals surface area (Å²) in [5.41, 5.74) is -2.35. The molecule has 1 heterocycles. The maximum atomic E-state index is 14.3. The molecule has 9 heteroatoms. The molecule has 0 spiro atoms. The first-order valence-corrected chi connectivity index (χ1v) is 9.92. The van der Waals surface area contributed by atoms with Crippen molar-refractivity contribution in [1.29, 1.82) is 0 Å². The van der Waals surface area contributed by atoms with Crippen molar-refractivity contribution >= 4 is 17.3 Å². The highest BCUT2D eigenvalue weighted by atomic mass is 32.1. The van der Waals surface area contributed by atoms with Gasteiger partial charge >= 0.3 is 17.0 Å². The van der Waals surface area contributed by atoms with Crippen LogP contribution in [0.1, 0.15) is 45.2 Å². The molecule has 0 aromatic carbocycles. The van der Waals surface area contributed by atoms with Gasteiger partial charge in [-0.15, -0.1) is 6.58 Å². The minimum atomic E-state index is -4.69. The monoisotopic (exact) mass is 435 g/mol. The molecule has 1 aliphatic carbocycles. The van der Waals surface area contributed by atoms with Gasteiger partial charge in [-0.2, -0.15) is 17.6 Å². The fourth-order valence-electron chi connectivity index (χ4n) is 3.45. The Labute approximate surface area is 170 Å². The summed E-state index contributed by atoms with van der Waals surface area (Å²) in [5, 5.41) is 0. The lowest BCUT2D eigenvalue weighted by atomic mass is 10.1. The van der Waals surface area contributed by atoms with Crippen molar-refractivity contribution in [1.82, 2.24) is 4.57 Å². The molecule has 0 amide bonds. The first kappa shape index (κ1) is 23.4. The molecule has 1 saturated carbocycles. The van der Waals surface area contributed by atoms with Crippen molar-refractivity contribution < 1.29 is 27.1 Å². The average molecular weight is 435 g/mol. The van der Waals surface area contributed by atoms with Crippen LogP contribution < -0.4 is 4.87 Å². The molecular formula is C20H25F4NO3S. The topological polar surface area (TPSA) is 48.3 Å². The SMILES string of the molecule is C=CCn1c(C(F)(F)F)c(C[C@@H]2[C@H](C=C(F)C(=O)OC(C)(C)C)C2(C)C)sc1=O. The number of alkyl halides is 3. The molecule has 2 rings (SSSR count). The quantitative estimate of drug-likeness (QED) is 0.270. The molecule has 1 aromatic rings. The van der Waals surface area contributed by atoms with Crippen LogP contribution in [-0.4, -0.2) is 16.1 Å². The second-order valence-electron chi connectivity index (χ2n) is 8.71. The van der Waals surface area contributed by atoms with E-state index in [2.05, 4.69) is 6.58 Å². The lowest BCUT2D eigenvalue weighted by molar-refractivity contribution is -0.151. The Morgan fingerprint density at radius 3 is 2.38 bits per heavy atom. The average Bonchev–Trinajstić information content (AvgIpc) is 2.86. The summed E-state index contributed by atoms with van der Waals surface area (Å²) in [6.07, 6.45) is -2.37. The Balaban J connectivity index is 2.29. The van der Waals surface area contributed by atoms with Gasteiger partial charge in [0, 0.05) is 11.4 Å². The summed E-state index contributed by atoms with van der Waals surface area (Å²) in [4.78, 5) is 23.1. The molecule has 0 saturated heterocycles. The molecule has 1 aromatic heterocycles. The standard InChI is InChI=1S/C20H25F4NO3S/c1-7-8-25-15(20(22,23)24)14(29-17(25)27)10-12-11(19(12,5)6)9-13(21)16(26)28-18(2,3)4/h7,9,11-12H,1,8,10H2,2-6H3/t11-,12+/m0/s1. The van der Waals surface area contributed by atoms with Gasteiger partial charge in [-0.3, -0.25) is 9.36 Å². The number of allylic oxidation sites excluding steroid dienone is 2. The van der Waals surface area contributed by atoms with E-state index in [1.54, 1.807) is 34.6 Å². The van der Waals surface area contributed by atoms with Crippen LogP contribution in [-0.2, 0) is 28.7 Å². The molecule has 0 radical (unpaired) electrons. The van der Waals surface area contributed by atoms with Crippen LogP contribution in [0, 0.1) is 17.3 Å². The zero-order chi connectivity index (χ0) is 22.4. The minimum absolute atomic E-state index is 0.0331. The predicted octanol–water partition coefficient (Wildman–Crippen LogP) is 5.12. The number of hydrogen-bond donors (Lipinski definition) is 0. The highest BCUT2D eigenvalue weighted by Crippen LogP contribution is 2.61. The van der Waals surface area contributed by atoms with E-state index in [1.165, 1.54) is 6.08 Å². The van der Waals surface area contributed by atoms with Crippen LogP contribution in [0.15, 0.2) is 29.4 Å². The highest BCUT2D eigenvalue weighted by molar-refractivity contribution is 7.09. The number of aromatic nitrogens is 1. The molecule has 4 nitrogen and oxygen atoms in total. The van der Waals surface area contributed by atoms with Gasteiger partial charge in [0.1, 0.15) is 11.3 Å². The van der Waals surface area contributed by atoms with Crippen LogP contribution in [0.25, 0.3) is 0 Å². The van der Waals surface area contributed by atoms with E-state index in [1.807, 2.05) is 0 Å². The molecule has 0 aliphatic heterocycles. The highest BCUT2D eigenvalue weighted by Gasteiger charge is 2.57. The van der Waals surface area contributed by atoms with Gasteiger partial charge in [-0.05, 0) is 50.5 Å². The van der Waals surface area contributed by atoms with Gasteiger partial charge in [-0.1, -0.05) is 31.3 Å². The molecule has 0 unspecified atom stereocenters. The molecule has 162 valence electrons. The van der Waals surface area contributed by atoms with Crippen LogP contribution in [0.2, 0.25) is 0 Å². The van der Waals surface area contributed by atoms with Crippen LogP contribution in [0.3, 0.4) is 0 Å². The van der Waals surface area contributed by atoms with Gasteiger partial charge in [0.15, 0.2) is 0 Å². The van der Waals surface area contributed by atoms with Crippen molar-refractivity contribution in [3.8, 4) is 0 Å².